The maximum Gasteiger partial charge on any atom is 0.308 e. The van der Waals surface area contributed by atoms with Crippen LogP contribution in [0, 0.1) is 53.3 Å². The molecule has 51 heavy (non-hydrogen) atoms. The minimum atomic E-state index is -0.120. The number of nitrogens with one attached hydrogen (secondary N) is 1. The standard InChI is InChI=1S/C12H26N2.C9H16O.C8H17NO.C8H16.C7H14O2/c1-11(2)9-13-5-7-14(8-6-13)10-12(3)4;1-7(2)5-6-9(10)8(3)4;1-6(2)5-9-8(10)7(3)4;1-7(2)5-6-8(3)4;1-5(2)7(8)9-6(3)4/h11-12H,5-10H2,1-4H3;5-8H,1-4H3;6-7H,5H2,1-4H3,(H,9,10);5-8H,1-4H3;5-6H,1-4H3/b;6-5+;;6-5+;. The van der Waals surface area contributed by atoms with Crippen molar-refractivity contribution in [2.75, 3.05) is 45.8 Å². The van der Waals surface area contributed by atoms with Gasteiger partial charge in [0, 0.05) is 57.6 Å². The van der Waals surface area contributed by atoms with Crippen LogP contribution in [0.3, 0.4) is 0 Å². The summed E-state index contributed by atoms with van der Waals surface area (Å²) in [6, 6.07) is 0. The van der Waals surface area contributed by atoms with E-state index in [0.29, 0.717) is 23.7 Å². The highest BCUT2D eigenvalue weighted by Crippen LogP contribution is 2.07. The number of nitrogens with zero attached hydrogens (tertiary/aromatic N) is 2. The van der Waals surface area contributed by atoms with Gasteiger partial charge in [-0.1, -0.05) is 143 Å². The minimum Gasteiger partial charge on any atom is -0.463 e. The second-order valence-corrected chi connectivity index (χ2v) is 17.4. The van der Waals surface area contributed by atoms with Gasteiger partial charge in [0.05, 0.1) is 12.0 Å². The van der Waals surface area contributed by atoms with Crippen LogP contribution in [0.5, 0.6) is 0 Å². The highest BCUT2D eigenvalue weighted by atomic mass is 16.5. The highest BCUT2D eigenvalue weighted by molar-refractivity contribution is 5.91. The van der Waals surface area contributed by atoms with Crippen LogP contribution < -0.4 is 5.32 Å². The van der Waals surface area contributed by atoms with Crippen molar-refractivity contribution in [3.63, 3.8) is 0 Å². The number of esters is 1. The van der Waals surface area contributed by atoms with E-state index in [2.05, 4.69) is 110 Å². The van der Waals surface area contributed by atoms with Gasteiger partial charge < -0.3 is 19.9 Å². The van der Waals surface area contributed by atoms with Crippen LogP contribution in [0.1, 0.15) is 138 Å². The zero-order chi connectivity index (χ0) is 40.9. The van der Waals surface area contributed by atoms with Crippen LogP contribution >= 0.6 is 0 Å². The Hall–Kier alpha value is -1.99. The van der Waals surface area contributed by atoms with Crippen LogP contribution in [0.15, 0.2) is 24.3 Å². The zero-order valence-corrected chi connectivity index (χ0v) is 37.6. The Labute approximate surface area is 319 Å². The van der Waals surface area contributed by atoms with Crippen LogP contribution in [-0.2, 0) is 19.1 Å². The van der Waals surface area contributed by atoms with E-state index < -0.39 is 0 Å². The Morgan fingerprint density at radius 2 is 0.902 bits per heavy atom. The first-order valence-corrected chi connectivity index (χ1v) is 20.1. The molecule has 0 atom stereocenters. The lowest BCUT2D eigenvalue weighted by Crippen LogP contribution is -2.48. The van der Waals surface area contributed by atoms with Gasteiger partial charge in [-0.05, 0) is 55.4 Å². The molecule has 7 nitrogen and oxygen atoms in total. The SMILES string of the molecule is CC(C)/C=C/C(=O)C(C)C.CC(C)/C=C/C(C)C.CC(C)CN1CCN(CC(C)C)CC1.CC(C)CNC(=O)C(C)C.CC(C)OC(=O)C(C)C. The molecule has 1 fully saturated rings. The van der Waals surface area contributed by atoms with Gasteiger partial charge in [0.2, 0.25) is 5.91 Å². The molecular formula is C44H89N3O4. The van der Waals surface area contributed by atoms with E-state index in [1.807, 2.05) is 61.5 Å². The molecule has 0 radical (unpaired) electrons. The second-order valence-electron chi connectivity index (χ2n) is 17.4. The monoisotopic (exact) mass is 724 g/mol. The molecule has 1 amide bonds. The van der Waals surface area contributed by atoms with Crippen molar-refractivity contribution in [1.82, 2.24) is 15.1 Å². The number of ether oxygens (including phenoxy) is 1. The van der Waals surface area contributed by atoms with E-state index in [-0.39, 0.29) is 41.5 Å². The van der Waals surface area contributed by atoms with E-state index >= 15 is 0 Å². The first-order chi connectivity index (χ1) is 23.3. The molecule has 1 N–H and O–H groups in total. The van der Waals surface area contributed by atoms with Crippen LogP contribution in [-0.4, -0.2) is 79.4 Å². The number of allylic oxidation sites excluding steroid dienone is 4. The van der Waals surface area contributed by atoms with E-state index in [1.165, 1.54) is 39.3 Å². The van der Waals surface area contributed by atoms with Crippen LogP contribution in [0.4, 0.5) is 0 Å². The van der Waals surface area contributed by atoms with Crippen molar-refractivity contribution in [3.05, 3.63) is 24.3 Å². The van der Waals surface area contributed by atoms with Gasteiger partial charge in [0.1, 0.15) is 0 Å². The van der Waals surface area contributed by atoms with Gasteiger partial charge in [0.25, 0.3) is 0 Å². The Bertz CT molecular complexity index is 864. The third kappa shape index (κ3) is 46.0. The van der Waals surface area contributed by atoms with Gasteiger partial charge >= 0.3 is 5.97 Å². The van der Waals surface area contributed by atoms with Crippen molar-refractivity contribution >= 4 is 17.7 Å². The molecule has 0 saturated carbocycles. The van der Waals surface area contributed by atoms with Gasteiger partial charge in [0.15, 0.2) is 5.78 Å². The third-order valence-corrected chi connectivity index (χ3v) is 6.84. The fraction of sp³-hybridized carbons (Fsp3) is 0.841. The second kappa shape index (κ2) is 33.8. The Balaban J connectivity index is -0.000000275. The van der Waals surface area contributed by atoms with Gasteiger partial charge in [-0.25, -0.2) is 0 Å². The summed E-state index contributed by atoms with van der Waals surface area (Å²) in [5, 5.41) is 2.84. The molecule has 0 aromatic rings. The van der Waals surface area contributed by atoms with Crippen molar-refractivity contribution < 1.29 is 19.1 Å². The van der Waals surface area contributed by atoms with E-state index in [4.69, 9.17) is 4.74 Å². The average Bonchev–Trinajstić information content (AvgIpc) is 2.98. The Morgan fingerprint density at radius 3 is 1.12 bits per heavy atom. The van der Waals surface area contributed by atoms with E-state index in [9.17, 15) is 14.4 Å². The zero-order valence-electron chi connectivity index (χ0n) is 37.6. The molecule has 0 unspecified atom stereocenters. The quantitative estimate of drug-likeness (QED) is 0.109. The largest absolute Gasteiger partial charge is 0.463 e. The summed E-state index contributed by atoms with van der Waals surface area (Å²) in [5.41, 5.74) is 0. The molecule has 7 heteroatoms. The number of rotatable bonds is 14. The lowest BCUT2D eigenvalue weighted by Gasteiger charge is -2.36. The summed E-state index contributed by atoms with van der Waals surface area (Å²) in [6.07, 6.45) is 8.10. The lowest BCUT2D eigenvalue weighted by atomic mass is 10.1. The Kier molecular flexibility index (Phi) is 37.0. The normalized spacial score (nSPS) is 13.9. The minimum absolute atomic E-state index is 0.00704. The predicted molar refractivity (Wildman–Crippen MR) is 224 cm³/mol. The van der Waals surface area contributed by atoms with E-state index in [0.717, 1.165) is 18.4 Å². The molecular weight excluding hydrogens is 635 g/mol. The number of amides is 1. The van der Waals surface area contributed by atoms with Crippen LogP contribution in [0.2, 0.25) is 0 Å². The molecule has 1 rings (SSSR count). The maximum absolute atomic E-state index is 11.0. The molecule has 0 aromatic carbocycles. The molecule has 304 valence electrons. The van der Waals surface area contributed by atoms with Crippen LogP contribution in [0.25, 0.3) is 0 Å². The van der Waals surface area contributed by atoms with Crippen molar-refractivity contribution in [2.45, 2.75) is 145 Å². The molecule has 1 heterocycles. The first kappa shape index (κ1) is 55.8. The number of carbonyl (C=O) groups excluding carboxylic acids is 3. The molecule has 0 aliphatic carbocycles. The summed E-state index contributed by atoms with van der Waals surface area (Å²) in [5.74, 6) is 4.53. The Morgan fingerprint density at radius 1 is 0.529 bits per heavy atom. The van der Waals surface area contributed by atoms with Crippen molar-refractivity contribution in [3.8, 4) is 0 Å². The summed E-state index contributed by atoms with van der Waals surface area (Å²) >= 11 is 0. The average molecular weight is 724 g/mol. The number of hydrogen-bond acceptors (Lipinski definition) is 6. The topological polar surface area (TPSA) is 79.0 Å². The molecule has 0 spiro atoms. The van der Waals surface area contributed by atoms with Gasteiger partial charge in [-0.3, -0.25) is 14.4 Å². The summed E-state index contributed by atoms with van der Waals surface area (Å²) < 4.78 is 4.87. The van der Waals surface area contributed by atoms with Gasteiger partial charge in [-0.2, -0.15) is 0 Å². The smallest absolute Gasteiger partial charge is 0.308 e. The first-order valence-electron chi connectivity index (χ1n) is 20.1. The summed E-state index contributed by atoms with van der Waals surface area (Å²) in [4.78, 5) is 37.8. The molecule has 0 aromatic heterocycles. The maximum atomic E-state index is 11.0. The van der Waals surface area contributed by atoms with Crippen molar-refractivity contribution in [1.29, 1.82) is 0 Å². The highest BCUT2D eigenvalue weighted by Gasteiger charge is 2.17. The third-order valence-electron chi connectivity index (χ3n) is 6.84. The molecule has 1 saturated heterocycles. The summed E-state index contributed by atoms with van der Waals surface area (Å²) in [6.45, 7) is 49.7. The predicted octanol–water partition coefficient (Wildman–Crippen LogP) is 10.2. The summed E-state index contributed by atoms with van der Waals surface area (Å²) in [7, 11) is 0. The number of piperazine rings is 1. The number of ketones is 1. The molecule has 0 bridgehead atoms. The van der Waals surface area contributed by atoms with Crippen molar-refractivity contribution in [2.24, 2.45) is 53.3 Å². The number of hydrogen-bond donors (Lipinski definition) is 1. The van der Waals surface area contributed by atoms with E-state index in [1.54, 1.807) is 6.08 Å². The fourth-order valence-electron chi connectivity index (χ4n) is 3.99. The van der Waals surface area contributed by atoms with Gasteiger partial charge in [-0.15, -0.1) is 0 Å². The molecule has 1 aliphatic rings. The lowest BCUT2D eigenvalue weighted by molar-refractivity contribution is -0.151. The number of carbonyl (C=O) groups is 3. The fourth-order valence-corrected chi connectivity index (χ4v) is 3.99. The molecule has 1 aliphatic heterocycles.